The molecule has 0 aliphatic rings. The molecule has 0 aliphatic carbocycles. The van der Waals surface area contributed by atoms with E-state index in [0.717, 1.165) is 44.7 Å². The Hall–Kier alpha value is -3.37. The molecule has 0 saturated heterocycles. The molecule has 34 heavy (non-hydrogen) atoms. The minimum Gasteiger partial charge on any atom is -0.426 e. The Labute approximate surface area is 203 Å². The van der Waals surface area contributed by atoms with Crippen molar-refractivity contribution in [1.29, 1.82) is 0 Å². The van der Waals surface area contributed by atoms with Crippen LogP contribution in [0.5, 0.6) is 5.75 Å². The Morgan fingerprint density at radius 1 is 0.941 bits per heavy atom. The molecule has 1 atom stereocenters. The molecule has 5 rings (SSSR count). The minimum atomic E-state index is -3.06. The Kier molecular flexibility index (Phi) is 6.25. The van der Waals surface area contributed by atoms with E-state index in [9.17, 15) is 4.57 Å². The van der Waals surface area contributed by atoms with Crippen molar-refractivity contribution < 1.29 is 14.0 Å². The number of nitrogens with one attached hydrogen (secondary N) is 1. The molecule has 0 fully saturated rings. The molecule has 0 bridgehead atoms. The van der Waals surface area contributed by atoms with Gasteiger partial charge in [-0.25, -0.2) is 9.55 Å². The Bertz CT molecular complexity index is 1500. The largest absolute Gasteiger partial charge is 0.426 e. The van der Waals surface area contributed by atoms with Crippen LogP contribution in [0.15, 0.2) is 84.9 Å². The predicted molar refractivity (Wildman–Crippen MR) is 138 cm³/mol. The monoisotopic (exact) mass is 488 g/mol. The number of aromatic nitrogens is 2. The van der Waals surface area contributed by atoms with E-state index >= 15 is 0 Å². The number of aryl methyl sites for hydroxylation is 1. The highest BCUT2D eigenvalue weighted by molar-refractivity contribution is 7.32. The van der Waals surface area contributed by atoms with E-state index in [0.29, 0.717) is 17.2 Å². The quantitative estimate of drug-likeness (QED) is 0.248. The van der Waals surface area contributed by atoms with Crippen LogP contribution < -0.4 is 4.52 Å². The molecule has 7 heteroatoms. The van der Waals surface area contributed by atoms with Gasteiger partial charge < -0.3 is 14.4 Å². The summed E-state index contributed by atoms with van der Waals surface area (Å²) in [5, 5.41) is 0.647. The van der Waals surface area contributed by atoms with Crippen LogP contribution in [0.3, 0.4) is 0 Å². The van der Waals surface area contributed by atoms with Crippen molar-refractivity contribution in [3.05, 3.63) is 107 Å². The van der Waals surface area contributed by atoms with Crippen LogP contribution in [0.2, 0.25) is 5.02 Å². The summed E-state index contributed by atoms with van der Waals surface area (Å²) in [6.45, 7) is 1.83. The first-order valence-electron chi connectivity index (χ1n) is 10.8. The summed E-state index contributed by atoms with van der Waals surface area (Å²) in [5.74, 6) is 1.18. The number of imidazole rings is 1. The second kappa shape index (κ2) is 9.47. The lowest BCUT2D eigenvalue weighted by Gasteiger charge is -2.07. The van der Waals surface area contributed by atoms with Crippen molar-refractivity contribution in [2.24, 2.45) is 0 Å². The van der Waals surface area contributed by atoms with Gasteiger partial charge in [-0.1, -0.05) is 78.3 Å². The fourth-order valence-electron chi connectivity index (χ4n) is 4.01. The molecular weight excluding hydrogens is 467 g/mol. The molecule has 0 aliphatic heterocycles. The topological polar surface area (TPSA) is 75.2 Å². The van der Waals surface area contributed by atoms with Gasteiger partial charge in [0.15, 0.2) is 0 Å². The molecule has 1 unspecified atom stereocenters. The lowest BCUT2D eigenvalue weighted by Crippen LogP contribution is -1.93. The molecule has 0 radical (unpaired) electrons. The summed E-state index contributed by atoms with van der Waals surface area (Å²) in [5.41, 5.74) is 7.67. The van der Waals surface area contributed by atoms with Gasteiger partial charge in [0.1, 0.15) is 11.6 Å². The SMILES string of the molecule is Cc1ccc(Cc2nc3cc(-c4ccc(-c5ccccc5)cc4)c(Cl)cc3[nH]2)cc1O[PH](=O)O. The first-order chi connectivity index (χ1) is 16.5. The number of benzene rings is 4. The number of halogens is 1. The summed E-state index contributed by atoms with van der Waals surface area (Å²) in [6, 6.07) is 28.1. The molecule has 0 amide bonds. The normalized spacial score (nSPS) is 12.1. The highest BCUT2D eigenvalue weighted by Crippen LogP contribution is 2.33. The van der Waals surface area contributed by atoms with E-state index in [1.54, 1.807) is 6.07 Å². The van der Waals surface area contributed by atoms with E-state index in [1.165, 1.54) is 5.56 Å². The van der Waals surface area contributed by atoms with E-state index < -0.39 is 8.25 Å². The van der Waals surface area contributed by atoms with Gasteiger partial charge in [0.05, 0.1) is 16.1 Å². The number of rotatable bonds is 6. The third kappa shape index (κ3) is 4.78. The van der Waals surface area contributed by atoms with Crippen molar-refractivity contribution >= 4 is 30.9 Å². The average molecular weight is 489 g/mol. The van der Waals surface area contributed by atoms with Crippen molar-refractivity contribution in [2.75, 3.05) is 0 Å². The first-order valence-corrected chi connectivity index (χ1v) is 12.4. The number of nitrogens with zero attached hydrogens (tertiary/aromatic N) is 1. The van der Waals surface area contributed by atoms with E-state index in [1.807, 2.05) is 49.4 Å². The number of fused-ring (bicyclic) bond motifs is 1. The van der Waals surface area contributed by atoms with Crippen molar-refractivity contribution in [3.8, 4) is 28.0 Å². The van der Waals surface area contributed by atoms with Gasteiger partial charge in [0, 0.05) is 12.0 Å². The Balaban J connectivity index is 1.43. The third-order valence-corrected chi connectivity index (χ3v) is 6.45. The van der Waals surface area contributed by atoms with Crippen LogP contribution in [0.1, 0.15) is 17.0 Å². The second-order valence-corrected chi connectivity index (χ2v) is 9.26. The van der Waals surface area contributed by atoms with Crippen molar-refractivity contribution in [1.82, 2.24) is 9.97 Å². The molecule has 1 heterocycles. The summed E-state index contributed by atoms with van der Waals surface area (Å²) < 4.78 is 16.2. The molecule has 4 aromatic carbocycles. The van der Waals surface area contributed by atoms with Gasteiger partial charge in [0.25, 0.3) is 0 Å². The van der Waals surface area contributed by atoms with Crippen LogP contribution in [-0.4, -0.2) is 14.9 Å². The number of aromatic amines is 1. The summed E-state index contributed by atoms with van der Waals surface area (Å²) in [4.78, 5) is 17.2. The Morgan fingerprint density at radius 2 is 1.65 bits per heavy atom. The van der Waals surface area contributed by atoms with Crippen LogP contribution in [0, 0.1) is 6.92 Å². The van der Waals surface area contributed by atoms with Gasteiger partial charge in [0.2, 0.25) is 0 Å². The molecule has 0 saturated carbocycles. The molecular formula is C27H22ClN2O3P. The van der Waals surface area contributed by atoms with E-state index in [2.05, 4.69) is 41.4 Å². The van der Waals surface area contributed by atoms with Crippen molar-refractivity contribution in [3.63, 3.8) is 0 Å². The zero-order valence-corrected chi connectivity index (χ0v) is 20.1. The third-order valence-electron chi connectivity index (χ3n) is 5.74. The molecule has 1 aromatic heterocycles. The molecule has 170 valence electrons. The number of hydrogen-bond donors (Lipinski definition) is 2. The molecule has 2 N–H and O–H groups in total. The van der Waals surface area contributed by atoms with Gasteiger partial charge in [-0.05, 0) is 52.9 Å². The second-order valence-electron chi connectivity index (χ2n) is 8.12. The zero-order valence-electron chi connectivity index (χ0n) is 18.4. The van der Waals surface area contributed by atoms with Crippen LogP contribution in [0.4, 0.5) is 0 Å². The Morgan fingerprint density at radius 3 is 2.38 bits per heavy atom. The van der Waals surface area contributed by atoms with Crippen LogP contribution in [0.25, 0.3) is 33.3 Å². The lowest BCUT2D eigenvalue weighted by atomic mass is 10.00. The number of hydrogen-bond acceptors (Lipinski definition) is 3. The van der Waals surface area contributed by atoms with Gasteiger partial charge >= 0.3 is 8.25 Å². The lowest BCUT2D eigenvalue weighted by molar-refractivity contribution is 0.409. The fraction of sp³-hybridized carbons (Fsp3) is 0.0741. The van der Waals surface area contributed by atoms with E-state index in [-0.39, 0.29) is 0 Å². The number of H-pyrrole nitrogens is 1. The summed E-state index contributed by atoms with van der Waals surface area (Å²) in [7, 11) is -3.06. The van der Waals surface area contributed by atoms with Gasteiger partial charge in [-0.15, -0.1) is 0 Å². The smallest absolute Gasteiger partial charge is 0.365 e. The fourth-order valence-corrected chi connectivity index (χ4v) is 4.69. The van der Waals surface area contributed by atoms with Gasteiger partial charge in [-0.2, -0.15) is 0 Å². The highest BCUT2D eigenvalue weighted by atomic mass is 35.5. The standard InChI is InChI=1S/C27H22ClN2O3P/c1-17-7-8-18(13-26(17)33-34(31)32)14-27-29-24-15-22(23(28)16-25(24)30-27)21-11-9-20(10-12-21)19-5-3-2-4-6-19/h2-13,15-16,34H,14H2,1H3,(H,29,30)(H,31,32). The van der Waals surface area contributed by atoms with Gasteiger partial charge in [-0.3, -0.25) is 0 Å². The maximum atomic E-state index is 11.1. The highest BCUT2D eigenvalue weighted by Gasteiger charge is 2.12. The predicted octanol–water partition coefficient (Wildman–Crippen LogP) is 7.21. The van der Waals surface area contributed by atoms with Crippen LogP contribution in [-0.2, 0) is 11.0 Å². The summed E-state index contributed by atoms with van der Waals surface area (Å²) >= 11 is 6.64. The maximum absolute atomic E-state index is 11.1. The van der Waals surface area contributed by atoms with Crippen LogP contribution >= 0.6 is 19.9 Å². The molecule has 5 nitrogen and oxygen atoms in total. The van der Waals surface area contributed by atoms with Crippen molar-refractivity contribution in [2.45, 2.75) is 13.3 Å². The molecule has 5 aromatic rings. The van der Waals surface area contributed by atoms with E-state index in [4.69, 9.17) is 26.0 Å². The average Bonchev–Trinajstić information content (AvgIpc) is 3.22. The maximum Gasteiger partial charge on any atom is 0.365 e. The minimum absolute atomic E-state index is 0.407. The molecule has 0 spiro atoms. The first kappa shape index (κ1) is 22.4. The zero-order chi connectivity index (χ0) is 23.7. The summed E-state index contributed by atoms with van der Waals surface area (Å²) in [6.07, 6.45) is 0.524.